The number of carbonyl (C=O) groups is 1. The minimum absolute atomic E-state index is 0.0905. The predicted molar refractivity (Wildman–Crippen MR) is 509 cm³/mol. The summed E-state index contributed by atoms with van der Waals surface area (Å²) >= 11 is 0. The Labute approximate surface area is 698 Å². The van der Waals surface area contributed by atoms with E-state index in [4.69, 9.17) is 10.3 Å². The second kappa shape index (κ2) is 56.8. The minimum Gasteiger partial charge on any atom is -0.383 e. The van der Waals surface area contributed by atoms with E-state index in [0.717, 1.165) is 28.4 Å². The monoisotopic (exact) mass is 1560 g/mol. The van der Waals surface area contributed by atoms with Crippen molar-refractivity contribution in [2.75, 3.05) is 37.2 Å². The number of benzene rings is 10. The molecule has 622 valence electrons. The predicted octanol–water partition coefficient (Wildman–Crippen LogP) is 28.4. The van der Waals surface area contributed by atoms with Gasteiger partial charge in [-0.2, -0.15) is 0 Å². The molecule has 10 aromatic carbocycles. The first-order valence-electron chi connectivity index (χ1n) is 41.6. The van der Waals surface area contributed by atoms with Crippen LogP contribution in [0.4, 0.5) is 39.8 Å². The second-order valence-corrected chi connectivity index (χ2v) is 32.9. The Morgan fingerprint density at radius 2 is 0.548 bits per heavy atom. The van der Waals surface area contributed by atoms with E-state index in [9.17, 15) is 4.79 Å². The lowest BCUT2D eigenvalue weighted by Gasteiger charge is -2.15. The number of aromatic nitrogens is 1. The molecule has 1 unspecified atom stereocenters. The van der Waals surface area contributed by atoms with Crippen LogP contribution in [-0.2, 0) is 6.42 Å². The highest BCUT2D eigenvalue weighted by Gasteiger charge is 2.11. The Kier molecular flexibility index (Phi) is 49.7. The lowest BCUT2D eigenvalue weighted by atomic mass is 9.96. The number of hydrogen-bond acceptors (Lipinski definition) is 11. The van der Waals surface area contributed by atoms with E-state index in [2.05, 4.69) is 397 Å². The zero-order valence-corrected chi connectivity index (χ0v) is 75.7. The molecule has 11 aromatic rings. The third-order valence-electron chi connectivity index (χ3n) is 16.6. The van der Waals surface area contributed by atoms with Gasteiger partial charge in [0, 0.05) is 111 Å². The maximum Gasteiger partial charge on any atom is 0.165 e. The molecule has 11 nitrogen and oxygen atoms in total. The van der Waals surface area contributed by atoms with Crippen molar-refractivity contribution in [2.24, 2.45) is 23.5 Å². The topological polar surface area (TPSA) is 153 Å². The second-order valence-electron chi connectivity index (χ2n) is 32.9. The van der Waals surface area contributed by atoms with Gasteiger partial charge in [0.05, 0.1) is 0 Å². The first-order valence-corrected chi connectivity index (χ1v) is 41.6. The highest BCUT2D eigenvalue weighted by atomic mass is 16.5. The summed E-state index contributed by atoms with van der Waals surface area (Å²) < 4.78 is 4.80. The van der Waals surface area contributed by atoms with Crippen LogP contribution in [0.15, 0.2) is 266 Å². The van der Waals surface area contributed by atoms with Crippen molar-refractivity contribution >= 4 is 45.6 Å². The van der Waals surface area contributed by atoms with Crippen molar-refractivity contribution in [2.45, 2.75) is 249 Å². The van der Waals surface area contributed by atoms with E-state index >= 15 is 0 Å². The number of hydrogen-bond donors (Lipinski definition) is 8. The van der Waals surface area contributed by atoms with Crippen LogP contribution in [0, 0.1) is 73.1 Å². The molecule has 0 fully saturated rings. The Hall–Kier alpha value is -10.4. The third-order valence-corrected chi connectivity index (χ3v) is 16.6. The molecule has 1 heterocycles. The van der Waals surface area contributed by atoms with Crippen molar-refractivity contribution in [1.29, 1.82) is 0 Å². The summed E-state index contributed by atoms with van der Waals surface area (Å²) in [6.07, 6.45) is 2.77. The summed E-state index contributed by atoms with van der Waals surface area (Å²) in [5.74, 6) is 1.58. The van der Waals surface area contributed by atoms with E-state index in [-0.39, 0.29) is 17.7 Å². The number of para-hydroxylation sites is 1. The van der Waals surface area contributed by atoms with Gasteiger partial charge in [0.25, 0.3) is 0 Å². The average molecular weight is 1560 g/mol. The van der Waals surface area contributed by atoms with Crippen molar-refractivity contribution < 1.29 is 9.32 Å². The molecule has 0 amide bonds. The van der Waals surface area contributed by atoms with Crippen molar-refractivity contribution in [3.05, 3.63) is 322 Å². The van der Waals surface area contributed by atoms with E-state index < -0.39 is 0 Å². The number of rotatable bonds is 21. The molecule has 0 aliphatic heterocycles. The van der Waals surface area contributed by atoms with Gasteiger partial charge in [0.2, 0.25) is 0 Å². The van der Waals surface area contributed by atoms with Crippen LogP contribution in [0.5, 0.6) is 0 Å². The minimum atomic E-state index is 0.0905. The SMILES string of the molecule is CC(C)Nc1ccc(-c2ccon2)cc1.CC(C)Nc1ccccc1.Cc1ccc(C(=O)C(C)C)cc1.Cc1ccc(C(N)C(C)C)cc1.Cc1ccc(CC(C)C)cc1.Cc1ccc(NC(C)C)cc1.Cc1ccc(NC(C)C)cc1.Cc1ccc(NC(C)C)cc1.Cc1ccc(NC(C)C)cc1.Cc1ccc(NC(C)C)cc1. The smallest absolute Gasteiger partial charge is 0.165 e. The van der Waals surface area contributed by atoms with Crippen molar-refractivity contribution in [1.82, 2.24) is 5.16 Å². The number of nitrogens with two attached hydrogens (primary N) is 1. The summed E-state index contributed by atoms with van der Waals surface area (Å²) in [5, 5.41) is 27.2. The third kappa shape index (κ3) is 49.8. The molecule has 1 atom stereocenters. The molecule has 0 saturated heterocycles. The van der Waals surface area contributed by atoms with Crippen LogP contribution in [0.2, 0.25) is 0 Å². The van der Waals surface area contributed by atoms with Gasteiger partial charge >= 0.3 is 0 Å². The summed E-state index contributed by atoms with van der Waals surface area (Å²) in [6, 6.07) is 91.1. The van der Waals surface area contributed by atoms with E-state index in [0.29, 0.717) is 48.2 Å². The molecular formula is C104H149N9O2. The molecular weight excluding hydrogens is 1410 g/mol. The van der Waals surface area contributed by atoms with E-state index in [1.807, 2.05) is 93.6 Å². The van der Waals surface area contributed by atoms with Gasteiger partial charge in [-0.3, -0.25) is 4.79 Å². The van der Waals surface area contributed by atoms with Crippen LogP contribution < -0.4 is 43.0 Å². The zero-order valence-electron chi connectivity index (χ0n) is 75.7. The number of carbonyl (C=O) groups excluding carboxylic acids is 1. The molecule has 0 bridgehead atoms. The van der Waals surface area contributed by atoms with Crippen LogP contribution in [0.25, 0.3) is 11.3 Å². The first-order chi connectivity index (χ1) is 54.3. The quantitative estimate of drug-likeness (QED) is 0.0325. The Morgan fingerprint density at radius 3 is 0.783 bits per heavy atom. The average Bonchev–Trinajstić information content (AvgIpc) is 1.79. The fourth-order valence-electron chi connectivity index (χ4n) is 10.6. The summed E-state index contributed by atoms with van der Waals surface area (Å²) in [7, 11) is 0. The van der Waals surface area contributed by atoms with E-state index in [1.165, 1.54) is 96.2 Å². The molecule has 11 heteroatoms. The summed E-state index contributed by atoms with van der Waals surface area (Å²) in [5.41, 5.74) is 30.1. The number of ketones is 1. The molecule has 9 N–H and O–H groups in total. The van der Waals surface area contributed by atoms with Crippen LogP contribution in [0.1, 0.15) is 211 Å². The number of Topliss-reactive ketones (excluding diaryl/α,β-unsaturated/α-hetero) is 1. The van der Waals surface area contributed by atoms with Crippen molar-refractivity contribution in [3.8, 4) is 11.3 Å². The van der Waals surface area contributed by atoms with Crippen molar-refractivity contribution in [3.63, 3.8) is 0 Å². The zero-order chi connectivity index (χ0) is 86.0. The molecule has 1 aromatic heterocycles. The van der Waals surface area contributed by atoms with Gasteiger partial charge in [-0.15, -0.1) is 0 Å². The number of nitrogens with zero attached hydrogens (tertiary/aromatic N) is 1. The highest BCUT2D eigenvalue weighted by molar-refractivity contribution is 5.97. The van der Waals surface area contributed by atoms with Crippen LogP contribution >= 0.6 is 0 Å². The molecule has 0 saturated carbocycles. The van der Waals surface area contributed by atoms with Crippen LogP contribution in [-0.4, -0.2) is 53.2 Å². The standard InChI is InChI=1S/C12H14N2O.C11H17N.C11H14O.C11H16.5C10H15N.C9H13N/c1-9(2)13-11-5-3-10(4-6-11)12-7-8-15-14-12;2*1-8(2)11(12)10-6-4-9(3)5-7-10;1-9(2)8-11-6-4-10(3)5-7-11;5*1-8(2)11-10-6-4-9(3)5-7-10;1-8(2)10-9-6-4-3-5-7-9/h3-9,13H,1-2H3;4-8,11H,12H2,1-3H3;4-8H,1-3H3;4-7,9H,8H2,1-3H3;5*4-8,11H,1-3H3;3-8,10H,1-2H3. The van der Waals surface area contributed by atoms with Gasteiger partial charge in [-0.1, -0.05) is 255 Å². The molecule has 0 spiro atoms. The van der Waals surface area contributed by atoms with Gasteiger partial charge in [-0.05, 0) is 267 Å². The number of aryl methyl sites for hydroxylation is 8. The molecule has 0 aliphatic rings. The Bertz CT molecular complexity index is 3790. The molecule has 11 rings (SSSR count). The lowest BCUT2D eigenvalue weighted by molar-refractivity contribution is 0.0939. The number of anilines is 7. The maximum atomic E-state index is 11.5. The van der Waals surface area contributed by atoms with Crippen LogP contribution in [0.3, 0.4) is 0 Å². The van der Waals surface area contributed by atoms with E-state index in [1.54, 1.807) is 6.26 Å². The molecule has 0 radical (unpaired) electrons. The fraction of sp³-hybridized carbons (Fsp3) is 0.385. The van der Waals surface area contributed by atoms with Gasteiger partial charge in [-0.25, -0.2) is 0 Å². The normalized spacial score (nSPS) is 10.6. The Balaban J connectivity index is 0.000000434. The summed E-state index contributed by atoms with van der Waals surface area (Å²) in [6.45, 7) is 59.2. The fourth-order valence-corrected chi connectivity index (χ4v) is 10.6. The highest BCUT2D eigenvalue weighted by Crippen LogP contribution is 2.22. The van der Waals surface area contributed by atoms with Gasteiger partial charge < -0.3 is 47.5 Å². The molecule has 115 heavy (non-hydrogen) atoms. The largest absolute Gasteiger partial charge is 0.383 e. The lowest BCUT2D eigenvalue weighted by Crippen LogP contribution is -2.16. The van der Waals surface area contributed by atoms with Gasteiger partial charge in [0.15, 0.2) is 5.78 Å². The summed E-state index contributed by atoms with van der Waals surface area (Å²) in [4.78, 5) is 11.5. The Morgan fingerprint density at radius 1 is 0.304 bits per heavy atom. The van der Waals surface area contributed by atoms with Gasteiger partial charge in [0.1, 0.15) is 12.0 Å². The first kappa shape index (κ1) is 101. The number of nitrogens with one attached hydrogen (secondary N) is 7. The maximum absolute atomic E-state index is 11.5. The molecule has 0 aliphatic carbocycles.